The van der Waals surface area contributed by atoms with Crippen LogP contribution in [0, 0.1) is 18.3 Å². The van der Waals surface area contributed by atoms with Crippen LogP contribution in [0.1, 0.15) is 86.3 Å². The highest BCUT2D eigenvalue weighted by molar-refractivity contribution is 5.73. The number of fused-ring (bicyclic) bond motifs is 1. The average Bonchev–Trinajstić information content (AvgIpc) is 2.94. The number of nitriles is 1. The van der Waals surface area contributed by atoms with E-state index in [2.05, 4.69) is 39.0 Å². The molecule has 2 heterocycles. The first kappa shape index (κ1) is 27.6. The van der Waals surface area contributed by atoms with Gasteiger partial charge in [-0.05, 0) is 75.4 Å². The quantitative estimate of drug-likeness (QED) is 0.327. The molecule has 1 aliphatic heterocycles. The summed E-state index contributed by atoms with van der Waals surface area (Å²) in [5, 5.41) is 9.52. The molecule has 0 bridgehead atoms. The Bertz CT molecular complexity index is 1600. The predicted octanol–water partition coefficient (Wildman–Crippen LogP) is 6.96. The Morgan fingerprint density at radius 1 is 1.18 bits per heavy atom. The van der Waals surface area contributed by atoms with E-state index in [0.717, 1.165) is 71.5 Å². The molecule has 0 saturated carbocycles. The van der Waals surface area contributed by atoms with Crippen molar-refractivity contribution in [2.75, 3.05) is 7.11 Å². The molecule has 6 nitrogen and oxygen atoms in total. The number of hydrogen-bond donors (Lipinski definition) is 0. The summed E-state index contributed by atoms with van der Waals surface area (Å²) in [5.41, 5.74) is 7.05. The van der Waals surface area contributed by atoms with Crippen LogP contribution in [0.25, 0.3) is 11.3 Å². The topological polar surface area (TPSA) is 77.1 Å². The van der Waals surface area contributed by atoms with Gasteiger partial charge in [-0.15, -0.1) is 0 Å². The highest BCUT2D eigenvalue weighted by atomic mass is 16.5. The van der Waals surface area contributed by atoms with Crippen molar-refractivity contribution in [1.82, 2.24) is 9.55 Å². The summed E-state index contributed by atoms with van der Waals surface area (Å²) in [6.07, 6.45) is 8.75. The zero-order chi connectivity index (χ0) is 28.4. The molecule has 1 aromatic heterocycles. The normalized spacial score (nSPS) is 17.8. The van der Waals surface area contributed by atoms with E-state index in [9.17, 15) is 10.1 Å². The molecular weight excluding hydrogens is 498 g/mol. The Labute approximate surface area is 236 Å². The molecule has 0 fully saturated rings. The fraction of sp³-hybridized carbons (Fsp3) is 0.382. The van der Waals surface area contributed by atoms with Crippen LogP contribution in [0.2, 0.25) is 0 Å². The second kappa shape index (κ2) is 11.3. The lowest BCUT2D eigenvalue weighted by molar-refractivity contribution is -0.0108. The Morgan fingerprint density at radius 2 is 1.98 bits per heavy atom. The van der Waals surface area contributed by atoms with Gasteiger partial charge in [0, 0.05) is 31.1 Å². The Hall–Kier alpha value is -3.95. The van der Waals surface area contributed by atoms with Crippen molar-refractivity contribution in [3.05, 3.63) is 104 Å². The first-order valence-corrected chi connectivity index (χ1v) is 14.1. The number of ether oxygens (including phenoxy) is 2. The van der Waals surface area contributed by atoms with E-state index in [1.165, 1.54) is 5.57 Å². The molecule has 1 atom stereocenters. The van der Waals surface area contributed by atoms with Crippen LogP contribution in [0.5, 0.6) is 5.75 Å². The first-order valence-electron chi connectivity index (χ1n) is 14.1. The molecule has 2 aliphatic rings. The van der Waals surface area contributed by atoms with Gasteiger partial charge < -0.3 is 9.47 Å². The van der Waals surface area contributed by atoms with Crippen molar-refractivity contribution >= 4 is 5.57 Å². The Balaban J connectivity index is 1.53. The van der Waals surface area contributed by atoms with Gasteiger partial charge in [0.1, 0.15) is 17.2 Å². The molecule has 0 amide bonds. The molecule has 2 aromatic carbocycles. The fourth-order valence-corrected chi connectivity index (χ4v) is 5.91. The van der Waals surface area contributed by atoms with Gasteiger partial charge in [-0.3, -0.25) is 9.36 Å². The number of hydrogen-bond acceptors (Lipinski definition) is 5. The van der Waals surface area contributed by atoms with E-state index in [0.29, 0.717) is 17.8 Å². The summed E-state index contributed by atoms with van der Waals surface area (Å²) in [6, 6.07) is 15.9. The standard InChI is InChI=1S/C34H37N3O3/c1-6-9-30-28(18-23-12-14-24(15-13-23)27-11-8-7-10-25(27)21-35)33(38)37(22(2)36-30)26-16-17-31-29(19-26)32(39-5)20-34(3,4)40-31/h7-8,10-12,14,16-17,19,32H,6,9,13,15,18,20H2,1-5H3. The zero-order valence-electron chi connectivity index (χ0n) is 24.1. The average molecular weight is 536 g/mol. The van der Waals surface area contributed by atoms with Crippen LogP contribution in [0.3, 0.4) is 0 Å². The molecule has 0 spiro atoms. The van der Waals surface area contributed by atoms with Gasteiger partial charge in [0.15, 0.2) is 0 Å². The third-order valence-corrected chi connectivity index (χ3v) is 7.90. The van der Waals surface area contributed by atoms with Crippen LogP contribution >= 0.6 is 0 Å². The molecule has 5 rings (SSSR count). The largest absolute Gasteiger partial charge is 0.487 e. The lowest BCUT2D eigenvalue weighted by Gasteiger charge is -2.37. The number of nitrogens with zero attached hydrogens (tertiary/aromatic N) is 3. The molecule has 6 heteroatoms. The minimum absolute atomic E-state index is 0.0209. The van der Waals surface area contributed by atoms with Gasteiger partial charge >= 0.3 is 0 Å². The first-order chi connectivity index (χ1) is 19.2. The summed E-state index contributed by atoms with van der Waals surface area (Å²) in [5.74, 6) is 1.47. The fourth-order valence-electron chi connectivity index (χ4n) is 5.91. The smallest absolute Gasteiger partial charge is 0.261 e. The van der Waals surface area contributed by atoms with E-state index >= 15 is 0 Å². The summed E-state index contributed by atoms with van der Waals surface area (Å²) < 4.78 is 13.8. The van der Waals surface area contributed by atoms with Crippen molar-refractivity contribution in [2.24, 2.45) is 0 Å². The van der Waals surface area contributed by atoms with E-state index in [1.54, 1.807) is 11.7 Å². The van der Waals surface area contributed by atoms with E-state index < -0.39 is 0 Å². The Kier molecular flexibility index (Phi) is 7.78. The number of methoxy groups -OCH3 is 1. The minimum atomic E-state index is -0.322. The monoisotopic (exact) mass is 535 g/mol. The molecule has 206 valence electrons. The van der Waals surface area contributed by atoms with E-state index in [4.69, 9.17) is 14.5 Å². The van der Waals surface area contributed by atoms with Crippen LogP contribution < -0.4 is 10.3 Å². The van der Waals surface area contributed by atoms with Gasteiger partial charge in [-0.2, -0.15) is 5.26 Å². The van der Waals surface area contributed by atoms with Gasteiger partial charge in [-0.25, -0.2) is 4.98 Å². The number of aromatic nitrogens is 2. The second-order valence-electron chi connectivity index (χ2n) is 11.3. The summed E-state index contributed by atoms with van der Waals surface area (Å²) in [6.45, 7) is 8.14. The lowest BCUT2D eigenvalue weighted by Crippen LogP contribution is -2.35. The second-order valence-corrected chi connectivity index (χ2v) is 11.3. The van der Waals surface area contributed by atoms with Crippen LogP contribution in [-0.4, -0.2) is 22.3 Å². The van der Waals surface area contributed by atoms with Crippen molar-refractivity contribution in [1.29, 1.82) is 5.26 Å². The van der Waals surface area contributed by atoms with Gasteiger partial charge in [0.25, 0.3) is 5.56 Å². The molecule has 1 unspecified atom stereocenters. The number of allylic oxidation sites excluding steroid dienone is 4. The highest BCUT2D eigenvalue weighted by Crippen LogP contribution is 2.42. The lowest BCUT2D eigenvalue weighted by atomic mass is 9.88. The molecule has 40 heavy (non-hydrogen) atoms. The summed E-state index contributed by atoms with van der Waals surface area (Å²) in [4.78, 5) is 19.1. The van der Waals surface area contributed by atoms with Crippen molar-refractivity contribution in [3.8, 4) is 17.5 Å². The maximum Gasteiger partial charge on any atom is 0.261 e. The summed E-state index contributed by atoms with van der Waals surface area (Å²) in [7, 11) is 1.72. The Morgan fingerprint density at radius 3 is 2.67 bits per heavy atom. The van der Waals surface area contributed by atoms with Crippen molar-refractivity contribution in [2.45, 2.75) is 77.9 Å². The molecule has 0 radical (unpaired) electrons. The zero-order valence-corrected chi connectivity index (χ0v) is 24.1. The van der Waals surface area contributed by atoms with Gasteiger partial charge in [0.05, 0.1) is 29.1 Å². The van der Waals surface area contributed by atoms with Gasteiger partial charge in [0.2, 0.25) is 0 Å². The predicted molar refractivity (Wildman–Crippen MR) is 158 cm³/mol. The molecule has 3 aromatic rings. The third-order valence-electron chi connectivity index (χ3n) is 7.90. The van der Waals surface area contributed by atoms with Crippen molar-refractivity contribution in [3.63, 3.8) is 0 Å². The number of aryl methyl sites for hydroxylation is 2. The van der Waals surface area contributed by atoms with Crippen LogP contribution in [0.15, 0.2) is 65.0 Å². The van der Waals surface area contributed by atoms with Crippen LogP contribution in [0.4, 0.5) is 0 Å². The molecule has 0 saturated heterocycles. The third kappa shape index (κ3) is 5.39. The SMILES string of the molecule is CCCc1nc(C)n(-c2ccc3c(c2)C(OC)CC(C)(C)O3)c(=O)c1CC1=CC=C(c2ccccc2C#N)CC1. The number of rotatable bonds is 7. The molecule has 1 aliphatic carbocycles. The number of benzene rings is 2. The van der Waals surface area contributed by atoms with Gasteiger partial charge in [-0.1, -0.05) is 49.3 Å². The van der Waals surface area contributed by atoms with E-state index in [-0.39, 0.29) is 17.3 Å². The van der Waals surface area contributed by atoms with Crippen molar-refractivity contribution < 1.29 is 9.47 Å². The summed E-state index contributed by atoms with van der Waals surface area (Å²) >= 11 is 0. The molecule has 0 N–H and O–H groups in total. The molecular formula is C34H37N3O3. The highest BCUT2D eigenvalue weighted by Gasteiger charge is 2.34. The minimum Gasteiger partial charge on any atom is -0.487 e. The maximum atomic E-state index is 14.1. The van der Waals surface area contributed by atoms with E-state index in [1.807, 2.05) is 49.4 Å². The van der Waals surface area contributed by atoms with Crippen LogP contribution in [-0.2, 0) is 17.6 Å². The maximum absolute atomic E-state index is 14.1.